The number of methoxy groups -OCH3 is 1. The summed E-state index contributed by atoms with van der Waals surface area (Å²) in [6.45, 7) is 0.958. The number of alkyl halides is 2. The van der Waals surface area contributed by atoms with Crippen LogP contribution in [0.1, 0.15) is 24.1 Å². The molecule has 2 aromatic rings. The van der Waals surface area contributed by atoms with Crippen molar-refractivity contribution in [2.24, 2.45) is 0 Å². The topological polar surface area (TPSA) is 60.0 Å². The third-order valence-electron chi connectivity index (χ3n) is 4.96. The van der Waals surface area contributed by atoms with Crippen molar-refractivity contribution in [3.05, 3.63) is 70.9 Å². The number of rotatable bonds is 8. The van der Waals surface area contributed by atoms with Crippen molar-refractivity contribution < 1.29 is 27.8 Å². The molecule has 6 nitrogen and oxygen atoms in total. The van der Waals surface area contributed by atoms with Gasteiger partial charge in [0.1, 0.15) is 12.4 Å². The van der Waals surface area contributed by atoms with E-state index in [0.717, 1.165) is 11.3 Å². The maximum absolute atomic E-state index is 13.1. The molecule has 0 saturated heterocycles. The molecule has 0 amide bonds. The maximum Gasteiger partial charge on any atom is 0.387 e. The number of aryl methyl sites for hydroxylation is 1. The van der Waals surface area contributed by atoms with Crippen LogP contribution in [0.4, 0.5) is 14.5 Å². The largest absolute Gasteiger partial charge is 0.460 e. The second-order valence-electron chi connectivity index (χ2n) is 7.10. The number of halogens is 2. The van der Waals surface area contributed by atoms with Gasteiger partial charge in [-0.2, -0.15) is 8.78 Å². The number of esters is 1. The van der Waals surface area contributed by atoms with E-state index in [4.69, 9.17) is 26.4 Å². The predicted octanol–water partition coefficient (Wildman–Crippen LogP) is 4.50. The number of thiocarbonyl (C=S) groups is 1. The van der Waals surface area contributed by atoms with Gasteiger partial charge < -0.3 is 19.5 Å². The lowest BCUT2D eigenvalue weighted by Crippen LogP contribution is -2.48. The molecule has 0 fully saturated rings. The fourth-order valence-corrected chi connectivity index (χ4v) is 3.82. The molecule has 3 rings (SSSR count). The number of nitrogens with one attached hydrogen (secondary N) is 1. The van der Waals surface area contributed by atoms with E-state index in [0.29, 0.717) is 16.4 Å². The molecule has 0 spiro atoms. The Balaban J connectivity index is 2.10. The molecule has 32 heavy (non-hydrogen) atoms. The Morgan fingerprint density at radius 3 is 2.47 bits per heavy atom. The molecule has 1 N–H and O–H groups in total. The fraction of sp³-hybridized carbons (Fsp3) is 0.304. The predicted molar refractivity (Wildman–Crippen MR) is 121 cm³/mol. The Labute approximate surface area is 190 Å². The zero-order valence-corrected chi connectivity index (χ0v) is 18.7. The van der Waals surface area contributed by atoms with E-state index in [1.165, 1.54) is 13.2 Å². The molecule has 1 unspecified atom stereocenters. The van der Waals surface area contributed by atoms with Crippen molar-refractivity contribution in [2.75, 3.05) is 25.2 Å². The van der Waals surface area contributed by atoms with Crippen LogP contribution in [-0.2, 0) is 14.3 Å². The first kappa shape index (κ1) is 23.6. The molecule has 1 heterocycles. The molecular weight excluding hydrogens is 438 g/mol. The number of nitrogens with zero attached hydrogens (tertiary/aromatic N) is 1. The summed E-state index contributed by atoms with van der Waals surface area (Å²) < 4.78 is 41.0. The molecule has 2 aromatic carbocycles. The normalized spacial score (nSPS) is 16.2. The van der Waals surface area contributed by atoms with E-state index < -0.39 is 18.6 Å². The van der Waals surface area contributed by atoms with E-state index >= 15 is 0 Å². The Kier molecular flexibility index (Phi) is 7.76. The van der Waals surface area contributed by atoms with E-state index in [9.17, 15) is 13.6 Å². The van der Waals surface area contributed by atoms with E-state index in [2.05, 4.69) is 5.32 Å². The van der Waals surface area contributed by atoms with E-state index in [-0.39, 0.29) is 24.5 Å². The Morgan fingerprint density at radius 2 is 1.81 bits per heavy atom. The maximum atomic E-state index is 13.1. The van der Waals surface area contributed by atoms with Crippen LogP contribution in [-0.4, -0.2) is 38.0 Å². The molecule has 1 atom stereocenters. The first-order valence-corrected chi connectivity index (χ1v) is 10.3. The van der Waals surface area contributed by atoms with Gasteiger partial charge in [-0.3, -0.25) is 4.90 Å². The van der Waals surface area contributed by atoms with Crippen molar-refractivity contribution in [3.8, 4) is 5.75 Å². The van der Waals surface area contributed by atoms with Crippen molar-refractivity contribution in [1.29, 1.82) is 0 Å². The summed E-state index contributed by atoms with van der Waals surface area (Å²) in [5, 5.41) is 3.42. The Bertz CT molecular complexity index is 1010. The summed E-state index contributed by atoms with van der Waals surface area (Å²) in [5.41, 5.74) is 2.93. The number of hydrogen-bond acceptors (Lipinski definition) is 5. The van der Waals surface area contributed by atoms with Crippen LogP contribution in [0.3, 0.4) is 0 Å². The second kappa shape index (κ2) is 10.5. The minimum absolute atomic E-state index is 0.0446. The number of ether oxygens (including phenoxy) is 3. The third-order valence-corrected chi connectivity index (χ3v) is 5.26. The van der Waals surface area contributed by atoms with Crippen LogP contribution >= 0.6 is 12.2 Å². The number of anilines is 1. The van der Waals surface area contributed by atoms with Gasteiger partial charge in [0.2, 0.25) is 0 Å². The average molecular weight is 463 g/mol. The smallest absolute Gasteiger partial charge is 0.387 e. The van der Waals surface area contributed by atoms with Crippen molar-refractivity contribution in [2.45, 2.75) is 26.5 Å². The number of para-hydroxylation sites is 1. The van der Waals surface area contributed by atoms with Crippen molar-refractivity contribution >= 4 is 29.0 Å². The number of carbonyl (C=O) groups is 1. The summed E-state index contributed by atoms with van der Waals surface area (Å²) in [6, 6.07) is 13.1. The summed E-state index contributed by atoms with van der Waals surface area (Å²) in [5.74, 6) is -0.662. The Hall–Kier alpha value is -3.04. The molecule has 0 aliphatic carbocycles. The van der Waals surface area contributed by atoms with Crippen LogP contribution in [0, 0.1) is 6.92 Å². The minimum atomic E-state index is -3.02. The molecular formula is C23H24F2N2O4S. The number of hydrogen-bond donors (Lipinski definition) is 1. The monoisotopic (exact) mass is 462 g/mol. The lowest BCUT2D eigenvalue weighted by Gasteiger charge is -2.38. The highest BCUT2D eigenvalue weighted by molar-refractivity contribution is 7.80. The lowest BCUT2D eigenvalue weighted by molar-refractivity contribution is -0.140. The first-order valence-electron chi connectivity index (χ1n) is 9.91. The molecule has 1 aliphatic rings. The summed E-state index contributed by atoms with van der Waals surface area (Å²) in [6.07, 6.45) is 0. The van der Waals surface area contributed by atoms with Gasteiger partial charge in [0.15, 0.2) is 5.11 Å². The van der Waals surface area contributed by atoms with Gasteiger partial charge in [-0.1, -0.05) is 35.9 Å². The van der Waals surface area contributed by atoms with Crippen molar-refractivity contribution in [3.63, 3.8) is 0 Å². The highest BCUT2D eigenvalue weighted by atomic mass is 32.1. The highest BCUT2D eigenvalue weighted by Gasteiger charge is 2.37. The molecule has 0 radical (unpaired) electrons. The fourth-order valence-electron chi connectivity index (χ4n) is 3.46. The van der Waals surface area contributed by atoms with Crippen LogP contribution in [0.5, 0.6) is 5.75 Å². The van der Waals surface area contributed by atoms with Gasteiger partial charge in [0.05, 0.1) is 18.2 Å². The highest BCUT2D eigenvalue weighted by Crippen LogP contribution is 2.38. The molecule has 1 aliphatic heterocycles. The van der Waals surface area contributed by atoms with E-state index in [1.54, 1.807) is 30.0 Å². The Morgan fingerprint density at radius 1 is 1.12 bits per heavy atom. The van der Waals surface area contributed by atoms with Crippen LogP contribution < -0.4 is 15.0 Å². The first-order chi connectivity index (χ1) is 15.3. The number of allylic oxidation sites excluding steroid dienone is 1. The average Bonchev–Trinajstić information content (AvgIpc) is 2.74. The van der Waals surface area contributed by atoms with Gasteiger partial charge >= 0.3 is 12.6 Å². The van der Waals surface area contributed by atoms with Gasteiger partial charge in [-0.15, -0.1) is 0 Å². The van der Waals surface area contributed by atoms with Crippen LogP contribution in [0.25, 0.3) is 0 Å². The quantitative estimate of drug-likeness (QED) is 0.352. The molecule has 9 heteroatoms. The summed E-state index contributed by atoms with van der Waals surface area (Å²) >= 11 is 5.59. The van der Waals surface area contributed by atoms with Crippen LogP contribution in [0.2, 0.25) is 0 Å². The van der Waals surface area contributed by atoms with Crippen molar-refractivity contribution in [1.82, 2.24) is 5.32 Å². The molecule has 0 bridgehead atoms. The van der Waals surface area contributed by atoms with Gasteiger partial charge in [-0.25, -0.2) is 4.79 Å². The molecule has 0 saturated carbocycles. The second-order valence-corrected chi connectivity index (χ2v) is 7.48. The van der Waals surface area contributed by atoms with Gasteiger partial charge in [0.25, 0.3) is 0 Å². The van der Waals surface area contributed by atoms with Crippen LogP contribution in [0.15, 0.2) is 59.8 Å². The number of carbonyl (C=O) groups excluding carboxylic acids is 1. The lowest BCUT2D eigenvalue weighted by atomic mass is 9.94. The summed E-state index contributed by atoms with van der Waals surface area (Å²) in [4.78, 5) is 14.8. The third kappa shape index (κ3) is 5.23. The summed E-state index contributed by atoms with van der Waals surface area (Å²) in [7, 11) is 1.50. The zero-order chi connectivity index (χ0) is 23.3. The number of benzene rings is 2. The SMILES string of the molecule is COCCOC(=O)C1=C(C)N(c2ccc(C)cc2)C(=S)NC1c1ccccc1OC(F)F. The van der Waals surface area contributed by atoms with E-state index in [1.807, 2.05) is 31.2 Å². The van der Waals surface area contributed by atoms with Gasteiger partial charge in [-0.05, 0) is 44.3 Å². The molecule has 0 aromatic heterocycles. The standard InChI is InChI=1S/C23H24F2N2O4S/c1-14-8-10-16(11-9-14)27-15(2)19(21(28)30-13-12-29-3)20(26-23(27)32)17-6-4-5-7-18(17)31-22(24)25/h4-11,20,22H,12-13H2,1-3H3,(H,26,32). The minimum Gasteiger partial charge on any atom is -0.460 e. The zero-order valence-electron chi connectivity index (χ0n) is 17.9. The van der Waals surface area contributed by atoms with Gasteiger partial charge in [0, 0.05) is 24.1 Å². The molecule has 170 valence electrons.